The molecule has 0 radical (unpaired) electrons. The summed E-state index contributed by atoms with van der Waals surface area (Å²) in [5.74, 6) is 0. The quantitative estimate of drug-likeness (QED) is 0.715. The normalized spacial score (nSPS) is 10.7. The van der Waals surface area contributed by atoms with Crippen LogP contribution in [0.4, 0.5) is 0 Å². The Balaban J connectivity index is 2.26. The van der Waals surface area contributed by atoms with Gasteiger partial charge in [0.2, 0.25) is 0 Å². The number of ether oxygens (including phenoxy) is 1. The fourth-order valence-electron chi connectivity index (χ4n) is 1.78. The first-order valence-corrected chi connectivity index (χ1v) is 6.09. The Morgan fingerprint density at radius 3 is 2.50 bits per heavy atom. The number of aryl methyl sites for hydroxylation is 2. The van der Waals surface area contributed by atoms with Crippen molar-refractivity contribution >= 4 is 0 Å². The van der Waals surface area contributed by atoms with Crippen LogP contribution in [-0.4, -0.2) is 19.8 Å². The molecule has 0 aromatic heterocycles. The van der Waals surface area contributed by atoms with Crippen LogP contribution in [0.3, 0.4) is 0 Å². The lowest BCUT2D eigenvalue weighted by Gasteiger charge is -2.10. The first-order valence-electron chi connectivity index (χ1n) is 6.09. The molecule has 0 unspecified atom stereocenters. The van der Waals surface area contributed by atoms with Gasteiger partial charge >= 0.3 is 0 Å². The maximum absolute atomic E-state index is 5.29. The third kappa shape index (κ3) is 4.33. The van der Waals surface area contributed by atoms with E-state index in [1.807, 2.05) is 6.92 Å². The number of benzene rings is 1. The molecule has 0 fully saturated rings. The molecule has 0 aliphatic carbocycles. The third-order valence-electron chi connectivity index (χ3n) is 2.79. The molecule has 1 aromatic rings. The Bertz CT molecular complexity index is 289. The molecule has 0 amide bonds. The van der Waals surface area contributed by atoms with Gasteiger partial charge in [-0.25, -0.2) is 0 Å². The molecule has 90 valence electrons. The molecule has 1 aromatic carbocycles. The minimum atomic E-state index is 0.816. The monoisotopic (exact) mass is 221 g/mol. The van der Waals surface area contributed by atoms with Gasteiger partial charge in [-0.15, -0.1) is 0 Å². The van der Waals surface area contributed by atoms with Crippen LogP contribution < -0.4 is 5.32 Å². The zero-order chi connectivity index (χ0) is 11.8. The minimum absolute atomic E-state index is 0.816. The van der Waals surface area contributed by atoms with Crippen LogP contribution in [0.25, 0.3) is 0 Å². The van der Waals surface area contributed by atoms with Crippen molar-refractivity contribution in [1.29, 1.82) is 0 Å². The van der Waals surface area contributed by atoms with Gasteiger partial charge in [0.05, 0.1) is 0 Å². The molecular formula is C14H23NO. The van der Waals surface area contributed by atoms with Crippen molar-refractivity contribution < 1.29 is 4.74 Å². The van der Waals surface area contributed by atoms with Gasteiger partial charge in [-0.1, -0.05) is 18.2 Å². The summed E-state index contributed by atoms with van der Waals surface area (Å²) in [6.45, 7) is 10.0. The molecule has 0 atom stereocenters. The predicted molar refractivity (Wildman–Crippen MR) is 68.7 cm³/mol. The molecule has 16 heavy (non-hydrogen) atoms. The van der Waals surface area contributed by atoms with E-state index in [0.717, 1.165) is 32.7 Å². The van der Waals surface area contributed by atoms with Crippen LogP contribution >= 0.6 is 0 Å². The average molecular weight is 221 g/mol. The van der Waals surface area contributed by atoms with Crippen LogP contribution in [-0.2, 0) is 11.3 Å². The van der Waals surface area contributed by atoms with Crippen molar-refractivity contribution in [3.63, 3.8) is 0 Å². The summed E-state index contributed by atoms with van der Waals surface area (Å²) >= 11 is 0. The SMILES string of the molecule is CCOCCCNCc1c(C)cccc1C. The molecule has 1 N–H and O–H groups in total. The molecule has 0 heterocycles. The highest BCUT2D eigenvalue weighted by Gasteiger charge is 2.00. The number of rotatable bonds is 7. The van der Waals surface area contributed by atoms with Crippen molar-refractivity contribution in [3.8, 4) is 0 Å². The van der Waals surface area contributed by atoms with E-state index < -0.39 is 0 Å². The second-order valence-corrected chi connectivity index (χ2v) is 4.10. The number of hydrogen-bond acceptors (Lipinski definition) is 2. The smallest absolute Gasteiger partial charge is 0.0477 e. The Kier molecular flexibility index (Phi) is 6.12. The predicted octanol–water partition coefficient (Wildman–Crippen LogP) is 2.82. The Hall–Kier alpha value is -0.860. The van der Waals surface area contributed by atoms with E-state index in [1.165, 1.54) is 16.7 Å². The zero-order valence-corrected chi connectivity index (χ0v) is 10.7. The highest BCUT2D eigenvalue weighted by molar-refractivity contribution is 5.33. The summed E-state index contributed by atoms with van der Waals surface area (Å²) in [6, 6.07) is 6.46. The summed E-state index contributed by atoms with van der Waals surface area (Å²) in [5.41, 5.74) is 4.17. The van der Waals surface area contributed by atoms with Gasteiger partial charge in [0.1, 0.15) is 0 Å². The molecule has 0 saturated carbocycles. The first-order chi connectivity index (χ1) is 7.75. The Morgan fingerprint density at radius 2 is 1.88 bits per heavy atom. The van der Waals surface area contributed by atoms with Gasteiger partial charge in [0.15, 0.2) is 0 Å². The highest BCUT2D eigenvalue weighted by Crippen LogP contribution is 2.12. The minimum Gasteiger partial charge on any atom is -0.382 e. The van der Waals surface area contributed by atoms with E-state index in [1.54, 1.807) is 0 Å². The lowest BCUT2D eigenvalue weighted by Crippen LogP contribution is -2.17. The van der Waals surface area contributed by atoms with Gasteiger partial charge < -0.3 is 10.1 Å². The van der Waals surface area contributed by atoms with E-state index in [2.05, 4.69) is 37.4 Å². The Morgan fingerprint density at radius 1 is 1.19 bits per heavy atom. The van der Waals surface area contributed by atoms with E-state index in [0.29, 0.717) is 0 Å². The van der Waals surface area contributed by atoms with E-state index >= 15 is 0 Å². The van der Waals surface area contributed by atoms with Crippen LogP contribution in [0.15, 0.2) is 18.2 Å². The highest BCUT2D eigenvalue weighted by atomic mass is 16.5. The number of hydrogen-bond donors (Lipinski definition) is 1. The molecule has 0 saturated heterocycles. The molecule has 1 rings (SSSR count). The van der Waals surface area contributed by atoms with E-state index in [-0.39, 0.29) is 0 Å². The lowest BCUT2D eigenvalue weighted by atomic mass is 10.0. The molecular weight excluding hydrogens is 198 g/mol. The summed E-state index contributed by atoms with van der Waals surface area (Å²) in [6.07, 6.45) is 1.08. The van der Waals surface area contributed by atoms with Crippen LogP contribution in [0.2, 0.25) is 0 Å². The van der Waals surface area contributed by atoms with E-state index in [9.17, 15) is 0 Å². The largest absolute Gasteiger partial charge is 0.382 e. The van der Waals surface area contributed by atoms with Crippen molar-refractivity contribution in [1.82, 2.24) is 5.32 Å². The van der Waals surface area contributed by atoms with E-state index in [4.69, 9.17) is 4.74 Å². The van der Waals surface area contributed by atoms with Gasteiger partial charge in [-0.2, -0.15) is 0 Å². The van der Waals surface area contributed by atoms with Gasteiger partial charge in [-0.05, 0) is 50.4 Å². The van der Waals surface area contributed by atoms with Gasteiger partial charge in [-0.3, -0.25) is 0 Å². The average Bonchev–Trinajstić information content (AvgIpc) is 2.26. The van der Waals surface area contributed by atoms with Crippen LogP contribution in [0.1, 0.15) is 30.0 Å². The first kappa shape index (κ1) is 13.2. The summed E-state index contributed by atoms with van der Waals surface area (Å²) in [5, 5.41) is 3.46. The number of nitrogens with one attached hydrogen (secondary N) is 1. The molecule has 0 aliphatic rings. The summed E-state index contributed by atoms with van der Waals surface area (Å²) in [7, 11) is 0. The lowest BCUT2D eigenvalue weighted by molar-refractivity contribution is 0.144. The van der Waals surface area contributed by atoms with Crippen molar-refractivity contribution in [2.75, 3.05) is 19.8 Å². The molecule has 0 bridgehead atoms. The van der Waals surface area contributed by atoms with Gasteiger partial charge in [0.25, 0.3) is 0 Å². The van der Waals surface area contributed by atoms with Crippen molar-refractivity contribution in [2.45, 2.75) is 33.7 Å². The van der Waals surface area contributed by atoms with Crippen molar-refractivity contribution in [2.24, 2.45) is 0 Å². The van der Waals surface area contributed by atoms with Gasteiger partial charge in [0, 0.05) is 19.8 Å². The standard InChI is InChI=1S/C14H23NO/c1-4-16-10-6-9-15-11-14-12(2)7-5-8-13(14)3/h5,7-8,15H,4,6,9-11H2,1-3H3. The fraction of sp³-hybridized carbons (Fsp3) is 0.571. The summed E-state index contributed by atoms with van der Waals surface area (Å²) in [4.78, 5) is 0. The van der Waals surface area contributed by atoms with Crippen molar-refractivity contribution in [3.05, 3.63) is 34.9 Å². The second-order valence-electron chi connectivity index (χ2n) is 4.10. The maximum Gasteiger partial charge on any atom is 0.0477 e. The van der Waals surface area contributed by atoms with Crippen LogP contribution in [0.5, 0.6) is 0 Å². The topological polar surface area (TPSA) is 21.3 Å². The zero-order valence-electron chi connectivity index (χ0n) is 10.7. The summed E-state index contributed by atoms with van der Waals surface area (Å²) < 4.78 is 5.29. The fourth-order valence-corrected chi connectivity index (χ4v) is 1.78. The molecule has 0 aliphatic heterocycles. The molecule has 2 nitrogen and oxygen atoms in total. The molecule has 0 spiro atoms. The Labute approximate surface area is 99.0 Å². The second kappa shape index (κ2) is 7.42. The maximum atomic E-state index is 5.29. The third-order valence-corrected chi connectivity index (χ3v) is 2.79. The molecule has 2 heteroatoms. The van der Waals surface area contributed by atoms with Crippen LogP contribution in [0, 0.1) is 13.8 Å².